The van der Waals surface area contributed by atoms with E-state index in [9.17, 15) is 35.2 Å². The van der Waals surface area contributed by atoms with Gasteiger partial charge in [0.25, 0.3) is 0 Å². The first-order valence-electron chi connectivity index (χ1n) is 19.1. The summed E-state index contributed by atoms with van der Waals surface area (Å²) in [4.78, 5) is 23.9. The quantitative estimate of drug-likeness (QED) is 0.244. The van der Waals surface area contributed by atoms with Crippen molar-refractivity contribution >= 4 is 0 Å². The molecule has 52 heavy (non-hydrogen) atoms. The summed E-state index contributed by atoms with van der Waals surface area (Å²) in [5.74, 6) is -0.379. The maximum Gasteiger partial charge on any atom is 0.335 e. The van der Waals surface area contributed by atoms with Crippen LogP contribution in [0.5, 0.6) is 0 Å². The lowest BCUT2D eigenvalue weighted by molar-refractivity contribution is -0.350. The van der Waals surface area contributed by atoms with Crippen LogP contribution in [0.2, 0.25) is 0 Å². The van der Waals surface area contributed by atoms with Crippen LogP contribution in [0.3, 0.4) is 0 Å². The number of nitroso groups, excluding NO2 is 1. The molecule has 1 aromatic rings. The lowest BCUT2D eigenvalue weighted by Crippen LogP contribution is -2.70. The molecule has 0 aromatic carbocycles. The van der Waals surface area contributed by atoms with E-state index in [4.69, 9.17) is 28.1 Å². The number of hydrogen-bond acceptors (Lipinski definition) is 14. The number of hydrogen-bond donors (Lipinski definition) is 5. The summed E-state index contributed by atoms with van der Waals surface area (Å²) in [5, 5.41) is 56.8. The third kappa shape index (κ3) is 5.86. The van der Waals surface area contributed by atoms with Crippen LogP contribution in [0, 0.1) is 39.4 Å². The molecule has 14 heteroatoms. The standard InChI is InChI=1S/C38H57NO13/c1-19-20(2)33(49-21(3)32(19)52-34-31(44)30(43)29(42)27(15-40)51-34)50-23-8-12-37(18-39-46)25-9-11-35(4)24(22-6-7-28(41)47-16-22)10-13-38(35,45)26(25)17-48-36(37,5)14-23/h6-7,16,19-21,23-27,29-34,40,42-45H,8-15,17-18H2,1-5H3. The van der Waals surface area contributed by atoms with Crippen LogP contribution < -0.4 is 5.63 Å². The van der Waals surface area contributed by atoms with E-state index in [-0.39, 0.29) is 42.2 Å². The summed E-state index contributed by atoms with van der Waals surface area (Å²) < 4.78 is 37.0. The Morgan fingerprint density at radius 3 is 2.37 bits per heavy atom. The number of fused-ring (bicyclic) bond motifs is 5. The Bertz CT molecular complexity index is 1490. The van der Waals surface area contributed by atoms with Crippen molar-refractivity contribution in [1.29, 1.82) is 0 Å². The van der Waals surface area contributed by atoms with Gasteiger partial charge in [0, 0.05) is 35.2 Å². The Morgan fingerprint density at radius 1 is 0.904 bits per heavy atom. The van der Waals surface area contributed by atoms with E-state index in [2.05, 4.69) is 19.0 Å². The van der Waals surface area contributed by atoms with Crippen molar-refractivity contribution in [2.24, 2.45) is 39.7 Å². The molecule has 0 spiro atoms. The molecule has 14 nitrogen and oxygen atoms in total. The maximum atomic E-state index is 12.7. The van der Waals surface area contributed by atoms with Gasteiger partial charge >= 0.3 is 5.63 Å². The largest absolute Gasteiger partial charge is 0.431 e. The summed E-state index contributed by atoms with van der Waals surface area (Å²) in [6.07, 6.45) is -2.35. The first-order chi connectivity index (χ1) is 24.6. The molecule has 3 aliphatic carbocycles. The van der Waals surface area contributed by atoms with Gasteiger partial charge in [-0.2, -0.15) is 4.91 Å². The zero-order chi connectivity index (χ0) is 37.4. The van der Waals surface area contributed by atoms with Gasteiger partial charge in [-0.15, -0.1) is 0 Å². The normalized spacial score (nSPS) is 52.0. The number of aliphatic hydroxyl groups excluding tert-OH is 4. The van der Waals surface area contributed by atoms with Gasteiger partial charge in [0.15, 0.2) is 12.6 Å². The lowest BCUT2D eigenvalue weighted by atomic mass is 9.44. The Morgan fingerprint density at radius 2 is 1.67 bits per heavy atom. The average molecular weight is 736 g/mol. The molecule has 0 amide bonds. The Labute approximate surface area is 304 Å². The van der Waals surface area contributed by atoms with Crippen LogP contribution in [0.25, 0.3) is 0 Å². The van der Waals surface area contributed by atoms with Crippen LogP contribution in [0.1, 0.15) is 91.0 Å². The zero-order valence-corrected chi connectivity index (χ0v) is 30.8. The molecule has 0 bridgehead atoms. The minimum atomic E-state index is -1.54. The molecule has 6 fully saturated rings. The molecule has 292 valence electrons. The molecule has 3 aliphatic heterocycles. The Hall–Kier alpha value is -1.85. The van der Waals surface area contributed by atoms with Gasteiger partial charge in [-0.25, -0.2) is 4.79 Å². The van der Waals surface area contributed by atoms with Crippen LogP contribution in [-0.4, -0.2) is 112 Å². The van der Waals surface area contributed by atoms with Gasteiger partial charge < -0.3 is 53.6 Å². The second-order valence-corrected chi connectivity index (χ2v) is 17.3. The van der Waals surface area contributed by atoms with Gasteiger partial charge in [-0.1, -0.05) is 25.9 Å². The fourth-order valence-electron chi connectivity index (χ4n) is 11.7. The number of nitrogens with zero attached hydrogens (tertiary/aromatic N) is 1. The Kier molecular flexibility index (Phi) is 10.4. The van der Waals surface area contributed by atoms with Crippen molar-refractivity contribution in [2.45, 2.75) is 152 Å². The minimum absolute atomic E-state index is 0.0284. The first kappa shape index (κ1) is 38.4. The fourth-order valence-corrected chi connectivity index (χ4v) is 11.7. The molecule has 6 aliphatic rings. The maximum absolute atomic E-state index is 12.7. The lowest BCUT2D eigenvalue weighted by Gasteiger charge is -2.66. The van der Waals surface area contributed by atoms with Crippen LogP contribution in [0.15, 0.2) is 32.8 Å². The molecule has 18 unspecified atom stereocenters. The van der Waals surface area contributed by atoms with E-state index >= 15 is 0 Å². The third-order valence-corrected chi connectivity index (χ3v) is 15.0. The van der Waals surface area contributed by atoms with E-state index in [0.29, 0.717) is 32.3 Å². The van der Waals surface area contributed by atoms with E-state index in [1.807, 2.05) is 26.8 Å². The number of rotatable bonds is 8. The van der Waals surface area contributed by atoms with Crippen molar-refractivity contribution in [3.8, 4) is 0 Å². The van der Waals surface area contributed by atoms with Crippen molar-refractivity contribution in [3.63, 3.8) is 0 Å². The van der Waals surface area contributed by atoms with Crippen molar-refractivity contribution in [2.75, 3.05) is 19.8 Å². The predicted octanol–water partition coefficient (Wildman–Crippen LogP) is 2.59. The van der Waals surface area contributed by atoms with Gasteiger partial charge in [-0.3, -0.25) is 0 Å². The highest BCUT2D eigenvalue weighted by molar-refractivity contribution is 5.28. The smallest absolute Gasteiger partial charge is 0.335 e. The summed E-state index contributed by atoms with van der Waals surface area (Å²) >= 11 is 0. The van der Waals surface area contributed by atoms with Crippen molar-refractivity contribution in [3.05, 3.63) is 39.3 Å². The summed E-state index contributed by atoms with van der Waals surface area (Å²) in [6, 6.07) is 3.26. The Balaban J connectivity index is 1.04. The number of aliphatic hydroxyl groups is 5. The van der Waals surface area contributed by atoms with E-state index in [0.717, 1.165) is 24.8 Å². The molecule has 18 atom stereocenters. The average Bonchev–Trinajstić information content (AvgIpc) is 3.40. The minimum Gasteiger partial charge on any atom is -0.431 e. The second kappa shape index (κ2) is 14.0. The highest BCUT2D eigenvalue weighted by Gasteiger charge is 2.71. The molecule has 1 aromatic heterocycles. The van der Waals surface area contributed by atoms with Gasteiger partial charge in [0.2, 0.25) is 0 Å². The molecule has 5 N–H and O–H groups in total. The monoisotopic (exact) mass is 735 g/mol. The second-order valence-electron chi connectivity index (χ2n) is 17.3. The summed E-state index contributed by atoms with van der Waals surface area (Å²) in [5.41, 5.74) is -2.24. The molecule has 3 saturated heterocycles. The zero-order valence-electron chi connectivity index (χ0n) is 30.8. The molecule has 0 radical (unpaired) electrons. The predicted molar refractivity (Wildman–Crippen MR) is 184 cm³/mol. The molecule has 4 heterocycles. The molecular weight excluding hydrogens is 678 g/mol. The van der Waals surface area contributed by atoms with Crippen molar-refractivity contribution in [1.82, 2.24) is 0 Å². The van der Waals surface area contributed by atoms with Crippen LogP contribution in [0.4, 0.5) is 0 Å². The van der Waals surface area contributed by atoms with Crippen LogP contribution >= 0.6 is 0 Å². The molecule has 3 saturated carbocycles. The van der Waals surface area contributed by atoms with Gasteiger partial charge in [0.05, 0.1) is 55.5 Å². The molecule has 7 rings (SSSR count). The highest BCUT2D eigenvalue weighted by Crippen LogP contribution is 2.70. The van der Waals surface area contributed by atoms with E-state index in [1.165, 1.54) is 12.3 Å². The summed E-state index contributed by atoms with van der Waals surface area (Å²) in [6.45, 7) is 10.0. The topological polar surface area (TPSA) is 207 Å². The van der Waals surface area contributed by atoms with Crippen LogP contribution in [-0.2, 0) is 23.7 Å². The van der Waals surface area contributed by atoms with Gasteiger partial charge in [0.1, 0.15) is 24.4 Å². The van der Waals surface area contributed by atoms with E-state index < -0.39 is 83.5 Å². The summed E-state index contributed by atoms with van der Waals surface area (Å²) in [7, 11) is 0. The SMILES string of the molecule is CC1OC(OC2CCC3(CN=O)C4CCC5(C)C(c6ccc(=O)oc6)CCC5(O)C4COC3(C)C2)C(C)C(C)C1OC1OC(CO)C(O)C(O)C1O. The van der Waals surface area contributed by atoms with E-state index in [1.54, 1.807) is 0 Å². The first-order valence-corrected chi connectivity index (χ1v) is 19.1. The molecular formula is C38H57NO13. The number of ether oxygens (including phenoxy) is 5. The van der Waals surface area contributed by atoms with Crippen molar-refractivity contribution < 1.29 is 53.6 Å². The highest BCUT2D eigenvalue weighted by atomic mass is 16.7. The fraction of sp³-hybridized carbons (Fsp3) is 0.868. The third-order valence-electron chi connectivity index (χ3n) is 15.0. The van der Waals surface area contributed by atoms with Gasteiger partial charge in [-0.05, 0) is 81.8 Å².